The van der Waals surface area contributed by atoms with Gasteiger partial charge in [-0.25, -0.2) is 4.79 Å². The number of nitrogens with one attached hydrogen (secondary N) is 1. The minimum absolute atomic E-state index is 0.0184. The molecule has 25 heavy (non-hydrogen) atoms. The molecule has 7 nitrogen and oxygen atoms in total. The molecule has 0 aliphatic carbocycles. The Morgan fingerprint density at radius 2 is 2.16 bits per heavy atom. The summed E-state index contributed by atoms with van der Waals surface area (Å²) < 4.78 is 1.67. The van der Waals surface area contributed by atoms with Crippen molar-refractivity contribution in [1.29, 1.82) is 0 Å². The van der Waals surface area contributed by atoms with Crippen molar-refractivity contribution in [3.05, 3.63) is 63.2 Å². The van der Waals surface area contributed by atoms with Gasteiger partial charge in [0.25, 0.3) is 5.56 Å². The minimum Gasteiger partial charge on any atom is -0.476 e. The average molecular weight is 338 g/mol. The van der Waals surface area contributed by atoms with Gasteiger partial charge in [-0.1, -0.05) is 18.2 Å². The number of aromatic nitrogens is 3. The van der Waals surface area contributed by atoms with E-state index in [2.05, 4.69) is 15.1 Å². The van der Waals surface area contributed by atoms with E-state index in [1.165, 1.54) is 0 Å². The van der Waals surface area contributed by atoms with Crippen molar-refractivity contribution in [2.75, 3.05) is 6.54 Å². The number of pyridine rings is 1. The molecule has 1 aliphatic rings. The molecule has 0 saturated carbocycles. The highest BCUT2D eigenvalue weighted by molar-refractivity contribution is 5.87. The Hall–Kier alpha value is -2.93. The third-order valence-corrected chi connectivity index (χ3v) is 4.82. The summed E-state index contributed by atoms with van der Waals surface area (Å²) in [7, 11) is 1.78. The van der Waals surface area contributed by atoms with E-state index in [0.29, 0.717) is 25.1 Å². The van der Waals surface area contributed by atoms with Crippen LogP contribution < -0.4 is 5.56 Å². The van der Waals surface area contributed by atoms with Crippen molar-refractivity contribution in [2.45, 2.75) is 19.5 Å². The van der Waals surface area contributed by atoms with Crippen LogP contribution in [0.3, 0.4) is 0 Å². The first-order valence-electron chi connectivity index (χ1n) is 8.14. The molecular formula is C18H18N4O3. The van der Waals surface area contributed by atoms with Gasteiger partial charge in [-0.3, -0.25) is 14.8 Å². The maximum absolute atomic E-state index is 12.7. The Morgan fingerprint density at radius 3 is 2.96 bits per heavy atom. The van der Waals surface area contributed by atoms with E-state index in [1.54, 1.807) is 11.6 Å². The molecule has 0 atom stereocenters. The van der Waals surface area contributed by atoms with Crippen molar-refractivity contribution in [1.82, 2.24) is 19.7 Å². The number of rotatable bonds is 3. The first kappa shape index (κ1) is 15.6. The van der Waals surface area contributed by atoms with E-state index in [-0.39, 0.29) is 11.3 Å². The minimum atomic E-state index is -1.03. The van der Waals surface area contributed by atoms with Gasteiger partial charge in [-0.15, -0.1) is 0 Å². The number of carboxylic acid groups (broad SMARTS) is 1. The van der Waals surface area contributed by atoms with E-state index in [9.17, 15) is 14.7 Å². The topological polar surface area (TPSA) is 91.2 Å². The lowest BCUT2D eigenvalue weighted by molar-refractivity contribution is 0.0687. The van der Waals surface area contributed by atoms with Crippen molar-refractivity contribution in [2.24, 2.45) is 7.05 Å². The molecule has 7 heteroatoms. The fourth-order valence-electron chi connectivity index (χ4n) is 3.51. The molecule has 1 aliphatic heterocycles. The van der Waals surface area contributed by atoms with Gasteiger partial charge in [0.2, 0.25) is 0 Å². The Balaban J connectivity index is 1.66. The number of H-pyrrole nitrogens is 1. The fourth-order valence-corrected chi connectivity index (χ4v) is 3.51. The molecular weight excluding hydrogens is 320 g/mol. The molecule has 3 heterocycles. The highest BCUT2D eigenvalue weighted by Gasteiger charge is 2.25. The monoisotopic (exact) mass is 338 g/mol. The molecule has 0 spiro atoms. The van der Waals surface area contributed by atoms with Crippen LogP contribution in [-0.4, -0.2) is 37.3 Å². The number of carboxylic acids is 1. The largest absolute Gasteiger partial charge is 0.476 e. The van der Waals surface area contributed by atoms with Crippen molar-refractivity contribution >= 4 is 16.9 Å². The number of fused-ring (bicyclic) bond motifs is 2. The van der Waals surface area contributed by atoms with Crippen molar-refractivity contribution in [3.8, 4) is 0 Å². The molecule has 4 rings (SSSR count). The van der Waals surface area contributed by atoms with Crippen LogP contribution in [0.2, 0.25) is 0 Å². The quantitative estimate of drug-likeness (QED) is 0.755. The Morgan fingerprint density at radius 1 is 1.36 bits per heavy atom. The van der Waals surface area contributed by atoms with Gasteiger partial charge in [0.05, 0.1) is 5.52 Å². The summed E-state index contributed by atoms with van der Waals surface area (Å²) in [5, 5.41) is 17.0. The third-order valence-electron chi connectivity index (χ3n) is 4.82. The Kier molecular flexibility index (Phi) is 3.65. The molecule has 1 aromatic carbocycles. The number of carbonyl (C=O) groups is 1. The predicted octanol–water partition coefficient (Wildman–Crippen LogP) is 1.52. The normalized spacial score (nSPS) is 14.6. The highest BCUT2D eigenvalue weighted by Crippen LogP contribution is 2.22. The number of para-hydroxylation sites is 1. The van der Waals surface area contributed by atoms with Crippen LogP contribution in [0.5, 0.6) is 0 Å². The summed E-state index contributed by atoms with van der Waals surface area (Å²) in [6, 6.07) is 9.72. The summed E-state index contributed by atoms with van der Waals surface area (Å²) in [4.78, 5) is 26.0. The van der Waals surface area contributed by atoms with Gasteiger partial charge in [-0.05, 0) is 17.5 Å². The molecule has 3 aromatic rings. The van der Waals surface area contributed by atoms with Crippen molar-refractivity contribution < 1.29 is 9.90 Å². The lowest BCUT2D eigenvalue weighted by Crippen LogP contribution is -2.33. The van der Waals surface area contributed by atoms with Crippen LogP contribution in [-0.2, 0) is 26.6 Å². The zero-order valence-corrected chi connectivity index (χ0v) is 13.8. The SMILES string of the molecule is Cn1c(=O)c(CN2CCc3[nH]nc(C(=O)O)c3C2)cc2ccccc21. The van der Waals surface area contributed by atoms with E-state index in [4.69, 9.17) is 0 Å². The number of nitrogens with zero attached hydrogens (tertiary/aromatic N) is 3. The van der Waals surface area contributed by atoms with Crippen LogP contribution in [0.25, 0.3) is 10.9 Å². The van der Waals surface area contributed by atoms with Crippen LogP contribution in [0, 0.1) is 0 Å². The molecule has 0 saturated heterocycles. The highest BCUT2D eigenvalue weighted by atomic mass is 16.4. The lowest BCUT2D eigenvalue weighted by Gasteiger charge is -2.26. The van der Waals surface area contributed by atoms with E-state index in [1.807, 2.05) is 30.3 Å². The molecule has 0 unspecified atom stereocenters. The first-order chi connectivity index (χ1) is 12.0. The number of hydrogen-bond acceptors (Lipinski definition) is 4. The van der Waals surface area contributed by atoms with Crippen LogP contribution in [0.1, 0.15) is 27.3 Å². The molecule has 0 radical (unpaired) electrons. The zero-order valence-electron chi connectivity index (χ0n) is 13.8. The van der Waals surface area contributed by atoms with Crippen LogP contribution in [0.15, 0.2) is 35.1 Å². The molecule has 2 aromatic heterocycles. The number of aromatic carboxylic acids is 1. The fraction of sp³-hybridized carbons (Fsp3) is 0.278. The van der Waals surface area contributed by atoms with Gasteiger partial charge in [0, 0.05) is 49.9 Å². The molecule has 0 amide bonds. The summed E-state index contributed by atoms with van der Waals surface area (Å²) in [5.74, 6) is -1.03. The Labute approximate surface area is 143 Å². The smallest absolute Gasteiger partial charge is 0.356 e. The predicted molar refractivity (Wildman–Crippen MR) is 92.6 cm³/mol. The summed E-state index contributed by atoms with van der Waals surface area (Å²) in [6.45, 7) is 1.72. The van der Waals surface area contributed by atoms with Gasteiger partial charge in [-0.2, -0.15) is 5.10 Å². The van der Waals surface area contributed by atoms with E-state index < -0.39 is 5.97 Å². The van der Waals surface area contributed by atoms with Gasteiger partial charge in [0.1, 0.15) is 0 Å². The van der Waals surface area contributed by atoms with Gasteiger partial charge < -0.3 is 9.67 Å². The molecule has 0 bridgehead atoms. The average Bonchev–Trinajstić information content (AvgIpc) is 3.03. The van der Waals surface area contributed by atoms with Gasteiger partial charge in [0.15, 0.2) is 5.69 Å². The zero-order chi connectivity index (χ0) is 17.6. The van der Waals surface area contributed by atoms with E-state index in [0.717, 1.165) is 28.7 Å². The number of aryl methyl sites for hydroxylation is 1. The molecule has 0 fully saturated rings. The second-order valence-electron chi connectivity index (χ2n) is 6.39. The standard InChI is InChI=1S/C18H18N4O3/c1-21-15-5-3-2-4-11(15)8-12(17(21)23)9-22-7-6-14-13(10-22)16(18(24)25)20-19-14/h2-5,8H,6-7,9-10H2,1H3,(H,19,20)(H,24,25). The van der Waals surface area contributed by atoms with Crippen LogP contribution in [0.4, 0.5) is 0 Å². The van der Waals surface area contributed by atoms with Crippen LogP contribution >= 0.6 is 0 Å². The van der Waals surface area contributed by atoms with Gasteiger partial charge >= 0.3 is 5.97 Å². The third kappa shape index (κ3) is 2.62. The summed E-state index contributed by atoms with van der Waals surface area (Å²) in [5.41, 5.74) is 3.27. The molecule has 2 N–H and O–H groups in total. The number of benzene rings is 1. The second-order valence-corrected chi connectivity index (χ2v) is 6.39. The maximum atomic E-state index is 12.7. The first-order valence-corrected chi connectivity index (χ1v) is 8.14. The van der Waals surface area contributed by atoms with E-state index >= 15 is 0 Å². The summed E-state index contributed by atoms with van der Waals surface area (Å²) in [6.07, 6.45) is 0.698. The Bertz CT molecular complexity index is 1030. The number of aromatic amines is 1. The lowest BCUT2D eigenvalue weighted by atomic mass is 10.0. The van der Waals surface area contributed by atoms with Crippen molar-refractivity contribution in [3.63, 3.8) is 0 Å². The number of hydrogen-bond donors (Lipinski definition) is 2. The second kappa shape index (κ2) is 5.86. The summed E-state index contributed by atoms with van der Waals surface area (Å²) >= 11 is 0. The molecule has 128 valence electrons. The maximum Gasteiger partial charge on any atom is 0.356 e.